The molecule has 19 heavy (non-hydrogen) atoms. The highest BCUT2D eigenvalue weighted by atomic mass is 16.2. The molecule has 100 valence electrons. The summed E-state index contributed by atoms with van der Waals surface area (Å²) in [6.07, 6.45) is 0. The summed E-state index contributed by atoms with van der Waals surface area (Å²) in [5, 5.41) is 4.95. The minimum absolute atomic E-state index is 0.155. The molecule has 0 radical (unpaired) electrons. The molecule has 0 bridgehead atoms. The molecule has 0 aliphatic heterocycles. The predicted molar refractivity (Wildman–Crippen MR) is 69.6 cm³/mol. The van der Waals surface area contributed by atoms with Crippen molar-refractivity contribution in [3.8, 4) is 0 Å². The van der Waals surface area contributed by atoms with Gasteiger partial charge in [-0.25, -0.2) is 4.79 Å². The van der Waals surface area contributed by atoms with Crippen molar-refractivity contribution in [2.75, 3.05) is 18.4 Å². The summed E-state index contributed by atoms with van der Waals surface area (Å²) in [7, 11) is 0. The number of rotatable bonds is 4. The second-order valence-electron chi connectivity index (χ2n) is 3.87. The predicted octanol–water partition coefficient (Wildman–Crippen LogP) is -1.13. The number of fused-ring (bicyclic) bond motifs is 1. The average molecular weight is 263 g/mol. The number of aromatic nitrogens is 2. The lowest BCUT2D eigenvalue weighted by atomic mass is 10.2. The van der Waals surface area contributed by atoms with E-state index in [-0.39, 0.29) is 24.7 Å². The summed E-state index contributed by atoms with van der Waals surface area (Å²) in [5.41, 5.74) is 6.55. The van der Waals surface area contributed by atoms with Crippen LogP contribution in [0.1, 0.15) is 0 Å². The molecule has 0 aliphatic rings. The van der Waals surface area contributed by atoms with E-state index >= 15 is 0 Å². The van der Waals surface area contributed by atoms with Crippen molar-refractivity contribution in [1.29, 1.82) is 0 Å². The molecule has 2 rings (SSSR count). The van der Waals surface area contributed by atoms with E-state index < -0.39 is 5.91 Å². The van der Waals surface area contributed by atoms with Crippen LogP contribution in [-0.4, -0.2) is 34.9 Å². The van der Waals surface area contributed by atoms with Crippen molar-refractivity contribution in [3.63, 3.8) is 0 Å². The average Bonchev–Trinajstić information content (AvgIpc) is 2.75. The van der Waals surface area contributed by atoms with Crippen LogP contribution in [0.2, 0.25) is 0 Å². The number of H-pyrrole nitrogens is 2. The summed E-state index contributed by atoms with van der Waals surface area (Å²) in [5.74, 6) is -0.778. The van der Waals surface area contributed by atoms with Gasteiger partial charge in [0.05, 0.1) is 24.1 Å². The normalized spacial score (nSPS) is 10.4. The highest BCUT2D eigenvalue weighted by Gasteiger charge is 2.05. The van der Waals surface area contributed by atoms with Gasteiger partial charge in [0, 0.05) is 5.69 Å². The number of carbonyl (C=O) groups excluding carboxylic acids is 2. The first-order valence-electron chi connectivity index (χ1n) is 5.57. The van der Waals surface area contributed by atoms with Gasteiger partial charge in [0.25, 0.3) is 0 Å². The summed E-state index contributed by atoms with van der Waals surface area (Å²) in [4.78, 5) is 38.7. The summed E-state index contributed by atoms with van der Waals surface area (Å²) < 4.78 is 0. The van der Waals surface area contributed by atoms with Gasteiger partial charge in [-0.05, 0) is 18.2 Å². The lowest BCUT2D eigenvalue weighted by Crippen LogP contribution is -2.36. The molecular formula is C11H13N5O3. The Kier molecular flexibility index (Phi) is 3.62. The van der Waals surface area contributed by atoms with Crippen LogP contribution < -0.4 is 22.1 Å². The van der Waals surface area contributed by atoms with E-state index in [0.717, 1.165) is 0 Å². The van der Waals surface area contributed by atoms with Crippen molar-refractivity contribution >= 4 is 28.5 Å². The van der Waals surface area contributed by atoms with Crippen LogP contribution in [0, 0.1) is 0 Å². The van der Waals surface area contributed by atoms with Crippen LogP contribution in [0.25, 0.3) is 11.0 Å². The standard InChI is InChI=1S/C11H13N5O3/c12-4-9(17)13-5-10(18)14-6-1-2-7-8(3-6)16-11(19)15-7/h1-3H,4-5,12H2,(H,13,17)(H,14,18)(H2,15,16,19). The topological polar surface area (TPSA) is 133 Å². The van der Waals surface area contributed by atoms with Gasteiger partial charge < -0.3 is 26.3 Å². The molecule has 2 aromatic rings. The number of nitrogens with two attached hydrogens (primary N) is 1. The number of nitrogens with one attached hydrogen (secondary N) is 4. The lowest BCUT2D eigenvalue weighted by Gasteiger charge is -2.06. The monoisotopic (exact) mass is 263 g/mol. The van der Waals surface area contributed by atoms with Gasteiger partial charge in [-0.1, -0.05) is 0 Å². The zero-order valence-electron chi connectivity index (χ0n) is 9.95. The van der Waals surface area contributed by atoms with Gasteiger partial charge in [-0.2, -0.15) is 0 Å². The van der Waals surface area contributed by atoms with Crippen LogP contribution in [0.5, 0.6) is 0 Å². The minimum atomic E-state index is -0.402. The molecule has 0 fully saturated rings. The zero-order valence-corrected chi connectivity index (χ0v) is 9.95. The number of benzene rings is 1. The van der Waals surface area contributed by atoms with Gasteiger partial charge in [0.15, 0.2) is 0 Å². The molecule has 2 amide bonds. The van der Waals surface area contributed by atoms with Crippen LogP contribution >= 0.6 is 0 Å². The third-order valence-electron chi connectivity index (χ3n) is 2.43. The number of aromatic amines is 2. The highest BCUT2D eigenvalue weighted by molar-refractivity contribution is 5.96. The third kappa shape index (κ3) is 3.19. The molecule has 0 unspecified atom stereocenters. The molecule has 0 aliphatic carbocycles. The Hall–Kier alpha value is -2.61. The van der Waals surface area contributed by atoms with Gasteiger partial charge in [0.1, 0.15) is 0 Å². The molecule has 6 N–H and O–H groups in total. The molecule has 0 spiro atoms. The molecule has 8 nitrogen and oxygen atoms in total. The number of anilines is 1. The Morgan fingerprint density at radius 3 is 2.63 bits per heavy atom. The van der Waals surface area contributed by atoms with E-state index in [4.69, 9.17) is 5.73 Å². The smallest absolute Gasteiger partial charge is 0.323 e. The molecule has 0 atom stereocenters. The molecular weight excluding hydrogens is 250 g/mol. The van der Waals surface area contributed by atoms with E-state index in [0.29, 0.717) is 16.7 Å². The molecule has 1 aromatic heterocycles. The fourth-order valence-electron chi connectivity index (χ4n) is 1.57. The first kappa shape index (κ1) is 12.8. The first-order chi connectivity index (χ1) is 9.08. The van der Waals surface area contributed by atoms with E-state index in [1.165, 1.54) is 0 Å². The van der Waals surface area contributed by atoms with Crippen molar-refractivity contribution in [3.05, 3.63) is 28.7 Å². The Morgan fingerprint density at radius 2 is 1.89 bits per heavy atom. The number of hydrogen-bond acceptors (Lipinski definition) is 4. The Labute approximate surface area is 107 Å². The van der Waals surface area contributed by atoms with Gasteiger partial charge in [-0.15, -0.1) is 0 Å². The quantitative estimate of drug-likeness (QED) is 0.477. The number of imidazole rings is 1. The van der Waals surface area contributed by atoms with Crippen LogP contribution in [-0.2, 0) is 9.59 Å². The summed E-state index contributed by atoms with van der Waals surface area (Å²) in [6, 6.07) is 4.94. The Balaban J connectivity index is 2.02. The molecule has 1 aromatic carbocycles. The van der Waals surface area contributed by atoms with Crippen LogP contribution in [0.4, 0.5) is 5.69 Å². The van der Waals surface area contributed by atoms with E-state index in [2.05, 4.69) is 20.6 Å². The fraction of sp³-hybridized carbons (Fsp3) is 0.182. The molecule has 0 saturated heterocycles. The van der Waals surface area contributed by atoms with Crippen LogP contribution in [0.15, 0.2) is 23.0 Å². The van der Waals surface area contributed by atoms with Crippen LogP contribution in [0.3, 0.4) is 0 Å². The third-order valence-corrected chi connectivity index (χ3v) is 2.43. The van der Waals surface area contributed by atoms with Crippen molar-refractivity contribution in [2.45, 2.75) is 0 Å². The summed E-state index contributed by atoms with van der Waals surface area (Å²) >= 11 is 0. The molecule has 0 saturated carbocycles. The second kappa shape index (κ2) is 5.36. The fourth-order valence-corrected chi connectivity index (χ4v) is 1.57. The van der Waals surface area contributed by atoms with Crippen molar-refractivity contribution < 1.29 is 9.59 Å². The lowest BCUT2D eigenvalue weighted by molar-refractivity contribution is -0.123. The van der Waals surface area contributed by atoms with E-state index in [9.17, 15) is 14.4 Å². The number of hydrogen-bond donors (Lipinski definition) is 5. The summed E-state index contributed by atoms with van der Waals surface area (Å²) in [6.45, 7) is -0.318. The Bertz CT molecular complexity index is 672. The maximum Gasteiger partial charge on any atom is 0.323 e. The van der Waals surface area contributed by atoms with Gasteiger partial charge >= 0.3 is 5.69 Å². The Morgan fingerprint density at radius 1 is 1.16 bits per heavy atom. The zero-order chi connectivity index (χ0) is 13.8. The van der Waals surface area contributed by atoms with Gasteiger partial charge in [0.2, 0.25) is 11.8 Å². The minimum Gasteiger partial charge on any atom is -0.346 e. The van der Waals surface area contributed by atoms with Crippen molar-refractivity contribution in [1.82, 2.24) is 15.3 Å². The maximum absolute atomic E-state index is 11.5. The van der Waals surface area contributed by atoms with Gasteiger partial charge in [-0.3, -0.25) is 9.59 Å². The number of amides is 2. The van der Waals surface area contributed by atoms with E-state index in [1.54, 1.807) is 18.2 Å². The highest BCUT2D eigenvalue weighted by Crippen LogP contribution is 2.14. The largest absolute Gasteiger partial charge is 0.346 e. The first-order valence-corrected chi connectivity index (χ1v) is 5.57. The number of carbonyl (C=O) groups is 2. The maximum atomic E-state index is 11.5. The molecule has 1 heterocycles. The SMILES string of the molecule is NCC(=O)NCC(=O)Nc1ccc2[nH]c(=O)[nH]c2c1. The van der Waals surface area contributed by atoms with Crippen molar-refractivity contribution in [2.24, 2.45) is 5.73 Å². The van der Waals surface area contributed by atoms with E-state index in [1.807, 2.05) is 0 Å². The second-order valence-corrected chi connectivity index (χ2v) is 3.87. The molecule has 8 heteroatoms.